The van der Waals surface area contributed by atoms with Gasteiger partial charge in [-0.1, -0.05) is 6.07 Å². The average molecular weight is 357 g/mol. The van der Waals surface area contributed by atoms with Crippen molar-refractivity contribution in [3.05, 3.63) is 76.4 Å². The molecule has 0 atom stereocenters. The summed E-state index contributed by atoms with van der Waals surface area (Å²) in [6.45, 7) is 4.78. The van der Waals surface area contributed by atoms with E-state index in [1.807, 2.05) is 0 Å². The first-order valence-electron chi connectivity index (χ1n) is 8.15. The average Bonchev–Trinajstić information content (AvgIpc) is 2.87. The molecule has 5 heteroatoms. The maximum Gasteiger partial charge on any atom is 0.183 e. The molecule has 0 amide bonds. The van der Waals surface area contributed by atoms with Gasteiger partial charge in [0.05, 0.1) is 16.7 Å². The zero-order valence-electron chi connectivity index (χ0n) is 14.4. The van der Waals surface area contributed by atoms with Gasteiger partial charge in [0.15, 0.2) is 11.6 Å². The molecule has 0 radical (unpaired) electrons. The second kappa shape index (κ2) is 5.59. The molecule has 4 aromatic rings. The van der Waals surface area contributed by atoms with Gasteiger partial charge in [-0.2, -0.15) is 0 Å². The molecule has 1 heterocycles. The van der Waals surface area contributed by atoms with Crippen molar-refractivity contribution in [2.45, 2.75) is 20.8 Å². The monoisotopic (exact) mass is 357 g/mol. The maximum absolute atomic E-state index is 14.8. The summed E-state index contributed by atoms with van der Waals surface area (Å²) in [4.78, 5) is 0. The fourth-order valence-corrected chi connectivity index (χ4v) is 3.40. The molecule has 3 aromatic carbocycles. The number of halogens is 4. The van der Waals surface area contributed by atoms with Gasteiger partial charge in [0.25, 0.3) is 0 Å². The van der Waals surface area contributed by atoms with E-state index in [4.69, 9.17) is 0 Å². The van der Waals surface area contributed by atoms with Crippen molar-refractivity contribution in [3.8, 4) is 5.69 Å². The highest BCUT2D eigenvalue weighted by molar-refractivity contribution is 6.10. The third kappa shape index (κ3) is 2.23. The summed E-state index contributed by atoms with van der Waals surface area (Å²) in [5.74, 6) is -3.16. The molecular weight excluding hydrogens is 342 g/mol. The first-order chi connectivity index (χ1) is 12.3. The molecule has 132 valence electrons. The number of hydrogen-bond donors (Lipinski definition) is 0. The lowest BCUT2D eigenvalue weighted by molar-refractivity contribution is 0.508. The molecular formula is C21H15F4N. The molecule has 0 unspecified atom stereocenters. The molecule has 0 spiro atoms. The summed E-state index contributed by atoms with van der Waals surface area (Å²) < 4.78 is 59.2. The lowest BCUT2D eigenvalue weighted by atomic mass is 10.1. The van der Waals surface area contributed by atoms with Crippen molar-refractivity contribution >= 4 is 21.8 Å². The molecule has 0 fully saturated rings. The first kappa shape index (κ1) is 16.6. The molecule has 26 heavy (non-hydrogen) atoms. The fourth-order valence-electron chi connectivity index (χ4n) is 3.40. The molecule has 0 aliphatic heterocycles. The van der Waals surface area contributed by atoms with Gasteiger partial charge in [0.1, 0.15) is 11.6 Å². The third-order valence-electron chi connectivity index (χ3n) is 4.74. The standard InChI is InChI=1S/C21H15F4N/c1-10-4-5-17(16(23)6-10)26-18-9-15(22)11(2)7-13(18)14-8-12(3)19(24)20(25)21(14)26/h4-9H,1-3H3. The van der Waals surface area contributed by atoms with Gasteiger partial charge in [-0.15, -0.1) is 0 Å². The lowest BCUT2D eigenvalue weighted by Crippen LogP contribution is -2.01. The van der Waals surface area contributed by atoms with Crippen LogP contribution < -0.4 is 0 Å². The predicted molar refractivity (Wildman–Crippen MR) is 94.8 cm³/mol. The van der Waals surface area contributed by atoms with Crippen molar-refractivity contribution in [1.82, 2.24) is 4.57 Å². The van der Waals surface area contributed by atoms with Crippen molar-refractivity contribution in [2.24, 2.45) is 0 Å². The number of hydrogen-bond acceptors (Lipinski definition) is 0. The molecule has 0 N–H and O–H groups in total. The van der Waals surface area contributed by atoms with E-state index in [-0.39, 0.29) is 22.3 Å². The van der Waals surface area contributed by atoms with Gasteiger partial charge in [-0.05, 0) is 67.8 Å². The van der Waals surface area contributed by atoms with Crippen LogP contribution in [0.2, 0.25) is 0 Å². The SMILES string of the molecule is Cc1ccc(-n2c3cc(F)c(C)cc3c3cc(C)c(F)c(F)c32)c(F)c1. The Morgan fingerprint density at radius 1 is 0.692 bits per heavy atom. The number of rotatable bonds is 1. The summed E-state index contributed by atoms with van der Waals surface area (Å²) >= 11 is 0. The zero-order valence-corrected chi connectivity index (χ0v) is 14.4. The summed E-state index contributed by atoms with van der Waals surface area (Å²) in [6, 6.07) is 8.78. The van der Waals surface area contributed by atoms with E-state index < -0.39 is 23.3 Å². The van der Waals surface area contributed by atoms with Gasteiger partial charge in [-0.25, -0.2) is 17.6 Å². The smallest absolute Gasteiger partial charge is 0.183 e. The van der Waals surface area contributed by atoms with E-state index >= 15 is 0 Å². The second-order valence-corrected chi connectivity index (χ2v) is 6.63. The first-order valence-corrected chi connectivity index (χ1v) is 8.15. The Balaban J connectivity index is 2.29. The van der Waals surface area contributed by atoms with Crippen LogP contribution in [-0.4, -0.2) is 4.57 Å². The maximum atomic E-state index is 14.8. The molecule has 4 rings (SSSR count). The summed E-state index contributed by atoms with van der Waals surface area (Å²) in [6.07, 6.45) is 0. The van der Waals surface area contributed by atoms with E-state index in [1.54, 1.807) is 26.0 Å². The van der Waals surface area contributed by atoms with Crippen LogP contribution in [0.25, 0.3) is 27.5 Å². The largest absolute Gasteiger partial charge is 0.303 e. The van der Waals surface area contributed by atoms with Crippen molar-refractivity contribution in [2.75, 3.05) is 0 Å². The van der Waals surface area contributed by atoms with E-state index in [2.05, 4.69) is 0 Å². The highest BCUT2D eigenvalue weighted by atomic mass is 19.2. The number of benzene rings is 3. The van der Waals surface area contributed by atoms with Crippen LogP contribution in [0, 0.1) is 44.0 Å². The number of aromatic nitrogens is 1. The van der Waals surface area contributed by atoms with Gasteiger partial charge in [0.2, 0.25) is 0 Å². The van der Waals surface area contributed by atoms with Gasteiger partial charge in [0, 0.05) is 10.8 Å². The van der Waals surface area contributed by atoms with Crippen molar-refractivity contribution in [1.29, 1.82) is 0 Å². The Morgan fingerprint density at radius 3 is 2.08 bits per heavy atom. The van der Waals surface area contributed by atoms with Gasteiger partial charge >= 0.3 is 0 Å². The number of fused-ring (bicyclic) bond motifs is 3. The summed E-state index contributed by atoms with van der Waals surface area (Å²) in [5.41, 5.74) is 1.44. The minimum absolute atomic E-state index is 0.0426. The quantitative estimate of drug-likeness (QED) is 0.354. The molecule has 0 saturated heterocycles. The highest BCUT2D eigenvalue weighted by Gasteiger charge is 2.22. The minimum atomic E-state index is -1.07. The zero-order chi connectivity index (χ0) is 18.7. The van der Waals surface area contributed by atoms with Crippen LogP contribution in [0.3, 0.4) is 0 Å². The number of nitrogens with zero attached hydrogens (tertiary/aromatic N) is 1. The number of aryl methyl sites for hydroxylation is 3. The van der Waals surface area contributed by atoms with Gasteiger partial charge in [-0.3, -0.25) is 0 Å². The molecule has 0 bridgehead atoms. The van der Waals surface area contributed by atoms with E-state index in [1.165, 1.54) is 35.8 Å². The molecule has 1 aromatic heterocycles. The van der Waals surface area contributed by atoms with Crippen LogP contribution in [0.5, 0.6) is 0 Å². The molecule has 0 aliphatic rings. The van der Waals surface area contributed by atoms with E-state index in [0.29, 0.717) is 21.9 Å². The van der Waals surface area contributed by atoms with Crippen molar-refractivity contribution < 1.29 is 17.6 Å². The Morgan fingerprint density at radius 2 is 1.38 bits per heavy atom. The normalized spacial score (nSPS) is 11.7. The summed E-state index contributed by atoms with van der Waals surface area (Å²) in [5, 5.41) is 0.959. The summed E-state index contributed by atoms with van der Waals surface area (Å²) in [7, 11) is 0. The third-order valence-corrected chi connectivity index (χ3v) is 4.74. The molecule has 0 aliphatic carbocycles. The topological polar surface area (TPSA) is 4.93 Å². The van der Waals surface area contributed by atoms with Crippen LogP contribution in [0.4, 0.5) is 17.6 Å². The Labute approximate surface area is 147 Å². The van der Waals surface area contributed by atoms with Crippen LogP contribution in [0.1, 0.15) is 16.7 Å². The van der Waals surface area contributed by atoms with Crippen LogP contribution >= 0.6 is 0 Å². The Hall–Kier alpha value is -2.82. The van der Waals surface area contributed by atoms with Crippen LogP contribution in [0.15, 0.2) is 36.4 Å². The Kier molecular flexibility index (Phi) is 3.58. The molecule has 0 saturated carbocycles. The van der Waals surface area contributed by atoms with Crippen molar-refractivity contribution in [3.63, 3.8) is 0 Å². The minimum Gasteiger partial charge on any atom is -0.303 e. The predicted octanol–water partition coefficient (Wildman–Crippen LogP) is 6.27. The molecule has 1 nitrogen and oxygen atoms in total. The van der Waals surface area contributed by atoms with Gasteiger partial charge < -0.3 is 4.57 Å². The second-order valence-electron chi connectivity index (χ2n) is 6.63. The fraction of sp³-hybridized carbons (Fsp3) is 0.143. The Bertz CT molecular complexity index is 1200. The van der Waals surface area contributed by atoms with E-state index in [9.17, 15) is 17.6 Å². The van der Waals surface area contributed by atoms with Crippen LogP contribution in [-0.2, 0) is 0 Å². The highest BCUT2D eigenvalue weighted by Crippen LogP contribution is 2.37. The lowest BCUT2D eigenvalue weighted by Gasteiger charge is -2.11. The van der Waals surface area contributed by atoms with E-state index in [0.717, 1.165) is 0 Å².